The molecule has 0 aromatic heterocycles. The maximum atomic E-state index is 11.6. The molecule has 104 valence electrons. The highest BCUT2D eigenvalue weighted by Gasteiger charge is 2.38. The fourth-order valence-corrected chi connectivity index (χ4v) is 2.56. The van der Waals surface area contributed by atoms with Crippen molar-refractivity contribution in [1.29, 1.82) is 0 Å². The molecule has 0 radical (unpaired) electrons. The van der Waals surface area contributed by atoms with Gasteiger partial charge in [0.2, 0.25) is 0 Å². The van der Waals surface area contributed by atoms with Gasteiger partial charge in [0.25, 0.3) is 0 Å². The lowest BCUT2D eigenvalue weighted by molar-refractivity contribution is -0.137. The predicted molar refractivity (Wildman–Crippen MR) is 71.3 cm³/mol. The Morgan fingerprint density at radius 3 is 2.68 bits per heavy atom. The molecule has 4 unspecified atom stereocenters. The number of aliphatic hydroxyl groups is 2. The lowest BCUT2D eigenvalue weighted by atomic mass is 9.85. The van der Waals surface area contributed by atoms with E-state index in [1.54, 1.807) is 13.0 Å². The van der Waals surface area contributed by atoms with Gasteiger partial charge in [0, 0.05) is 17.9 Å². The van der Waals surface area contributed by atoms with Crippen LogP contribution in [-0.4, -0.2) is 34.5 Å². The Kier molecular flexibility index (Phi) is 3.92. The second-order valence-electron chi connectivity index (χ2n) is 5.38. The fourth-order valence-electron chi connectivity index (χ4n) is 2.56. The molecule has 0 aromatic rings. The molecule has 4 nitrogen and oxygen atoms in total. The maximum absolute atomic E-state index is 11.6. The first-order valence-electron chi connectivity index (χ1n) is 6.52. The lowest BCUT2D eigenvalue weighted by Crippen LogP contribution is -2.25. The number of fused-ring (bicyclic) bond motifs is 1. The molecular weight excluding hydrogens is 244 g/mol. The number of aliphatic hydroxyl groups excluding tert-OH is 2. The minimum absolute atomic E-state index is 0.100. The average molecular weight is 264 g/mol. The van der Waals surface area contributed by atoms with Gasteiger partial charge >= 0.3 is 5.97 Å². The highest BCUT2D eigenvalue weighted by molar-refractivity contribution is 5.91. The van der Waals surface area contributed by atoms with Crippen molar-refractivity contribution in [3.05, 3.63) is 36.0 Å². The van der Waals surface area contributed by atoms with E-state index in [2.05, 4.69) is 13.2 Å². The first kappa shape index (κ1) is 14.0. The highest BCUT2D eigenvalue weighted by Crippen LogP contribution is 2.34. The van der Waals surface area contributed by atoms with E-state index in [0.29, 0.717) is 29.6 Å². The summed E-state index contributed by atoms with van der Waals surface area (Å²) in [5.74, 6) is -0.476. The number of carbonyl (C=O) groups excluding carboxylic acids is 1. The van der Waals surface area contributed by atoms with Crippen molar-refractivity contribution in [2.24, 2.45) is 5.92 Å². The van der Waals surface area contributed by atoms with Crippen LogP contribution in [0.4, 0.5) is 0 Å². The van der Waals surface area contributed by atoms with Gasteiger partial charge in [-0.3, -0.25) is 0 Å². The molecule has 0 saturated carbocycles. The van der Waals surface area contributed by atoms with E-state index < -0.39 is 12.2 Å². The first-order chi connectivity index (χ1) is 8.90. The standard InChI is InChI=1S/C15H20O4/c1-8-4-5-11-10(3)15(18)19-14(11)6-9(2)13(17)7-12(8)16/h6,11-14,16-17H,1,3-5,7H2,2H3. The van der Waals surface area contributed by atoms with Crippen LogP contribution in [0.2, 0.25) is 0 Å². The van der Waals surface area contributed by atoms with Gasteiger partial charge in [-0.15, -0.1) is 0 Å². The summed E-state index contributed by atoms with van der Waals surface area (Å²) in [5.41, 5.74) is 1.84. The lowest BCUT2D eigenvalue weighted by Gasteiger charge is -2.24. The molecule has 1 fully saturated rings. The Balaban J connectivity index is 2.30. The van der Waals surface area contributed by atoms with E-state index in [1.807, 2.05) is 0 Å². The zero-order valence-electron chi connectivity index (χ0n) is 11.1. The van der Waals surface area contributed by atoms with Gasteiger partial charge in [0.1, 0.15) is 6.10 Å². The van der Waals surface area contributed by atoms with Crippen molar-refractivity contribution in [2.45, 2.75) is 44.5 Å². The number of ether oxygens (including phenoxy) is 1. The topological polar surface area (TPSA) is 66.8 Å². The summed E-state index contributed by atoms with van der Waals surface area (Å²) in [6.45, 7) is 9.40. The summed E-state index contributed by atoms with van der Waals surface area (Å²) in [7, 11) is 0. The van der Waals surface area contributed by atoms with Crippen LogP contribution in [0, 0.1) is 5.92 Å². The zero-order chi connectivity index (χ0) is 14.2. The van der Waals surface area contributed by atoms with Gasteiger partial charge in [-0.25, -0.2) is 4.79 Å². The van der Waals surface area contributed by atoms with Crippen molar-refractivity contribution in [1.82, 2.24) is 0 Å². The van der Waals surface area contributed by atoms with Crippen LogP contribution in [0.5, 0.6) is 0 Å². The molecule has 0 spiro atoms. The first-order valence-corrected chi connectivity index (χ1v) is 6.52. The molecule has 0 bridgehead atoms. The Hall–Kier alpha value is -1.39. The Morgan fingerprint density at radius 1 is 1.32 bits per heavy atom. The van der Waals surface area contributed by atoms with Crippen molar-refractivity contribution >= 4 is 5.97 Å². The van der Waals surface area contributed by atoms with E-state index in [-0.39, 0.29) is 24.4 Å². The second kappa shape index (κ2) is 5.31. The fraction of sp³-hybridized carbons (Fsp3) is 0.533. The van der Waals surface area contributed by atoms with Crippen molar-refractivity contribution < 1.29 is 19.7 Å². The number of esters is 1. The third-order valence-electron chi connectivity index (χ3n) is 4.00. The molecule has 0 amide bonds. The van der Waals surface area contributed by atoms with Crippen molar-refractivity contribution in [3.63, 3.8) is 0 Å². The quantitative estimate of drug-likeness (QED) is 0.395. The molecule has 2 N–H and O–H groups in total. The number of hydrogen-bond acceptors (Lipinski definition) is 4. The van der Waals surface area contributed by atoms with Crippen LogP contribution in [0.3, 0.4) is 0 Å². The van der Waals surface area contributed by atoms with Gasteiger partial charge in [-0.2, -0.15) is 0 Å². The largest absolute Gasteiger partial charge is 0.454 e. The average Bonchev–Trinajstić information content (AvgIpc) is 2.61. The summed E-state index contributed by atoms with van der Waals surface area (Å²) in [5, 5.41) is 19.9. The monoisotopic (exact) mass is 264 g/mol. The van der Waals surface area contributed by atoms with Gasteiger partial charge in [-0.1, -0.05) is 13.2 Å². The second-order valence-corrected chi connectivity index (χ2v) is 5.38. The molecular formula is C15H20O4. The third-order valence-corrected chi connectivity index (χ3v) is 4.00. The van der Waals surface area contributed by atoms with E-state index in [9.17, 15) is 15.0 Å². The molecule has 0 aromatic carbocycles. The van der Waals surface area contributed by atoms with E-state index >= 15 is 0 Å². The SMILES string of the molecule is C=C1CCC2C(=C)C(=O)OC2C=C(C)C(O)CC1O. The zero-order valence-corrected chi connectivity index (χ0v) is 11.1. The molecule has 2 aliphatic rings. The van der Waals surface area contributed by atoms with Crippen LogP contribution in [0.25, 0.3) is 0 Å². The summed E-state index contributed by atoms with van der Waals surface area (Å²) >= 11 is 0. The minimum Gasteiger partial charge on any atom is -0.454 e. The molecule has 4 heteroatoms. The maximum Gasteiger partial charge on any atom is 0.334 e. The molecule has 1 heterocycles. The van der Waals surface area contributed by atoms with E-state index in [1.165, 1.54) is 0 Å². The number of rotatable bonds is 0. The summed E-state index contributed by atoms with van der Waals surface area (Å²) in [6, 6.07) is 0. The highest BCUT2D eigenvalue weighted by atomic mass is 16.5. The van der Waals surface area contributed by atoms with Gasteiger partial charge < -0.3 is 14.9 Å². The van der Waals surface area contributed by atoms with E-state index in [0.717, 1.165) is 0 Å². The van der Waals surface area contributed by atoms with Crippen molar-refractivity contribution in [3.8, 4) is 0 Å². The van der Waals surface area contributed by atoms with Crippen molar-refractivity contribution in [2.75, 3.05) is 0 Å². The molecule has 1 aliphatic heterocycles. The Morgan fingerprint density at radius 2 is 2.00 bits per heavy atom. The van der Waals surface area contributed by atoms with Crippen LogP contribution in [-0.2, 0) is 9.53 Å². The molecule has 1 saturated heterocycles. The molecule has 1 aliphatic carbocycles. The normalized spacial score (nSPS) is 36.6. The Labute approximate surface area is 113 Å². The number of hydrogen-bond donors (Lipinski definition) is 2. The van der Waals surface area contributed by atoms with Gasteiger partial charge in [-0.05, 0) is 37.0 Å². The van der Waals surface area contributed by atoms with Crippen LogP contribution >= 0.6 is 0 Å². The van der Waals surface area contributed by atoms with Crippen LogP contribution in [0.15, 0.2) is 36.0 Å². The minimum atomic E-state index is -0.752. The van der Waals surface area contributed by atoms with Gasteiger partial charge in [0.15, 0.2) is 0 Å². The Bertz CT molecular complexity index is 449. The molecule has 2 rings (SSSR count). The van der Waals surface area contributed by atoms with Gasteiger partial charge in [0.05, 0.1) is 12.2 Å². The predicted octanol–water partition coefficient (Wildman–Crippen LogP) is 1.49. The van der Waals surface area contributed by atoms with Crippen LogP contribution in [0.1, 0.15) is 26.2 Å². The van der Waals surface area contributed by atoms with E-state index in [4.69, 9.17) is 4.74 Å². The smallest absolute Gasteiger partial charge is 0.334 e. The number of carbonyl (C=O) groups is 1. The molecule has 4 atom stereocenters. The summed E-state index contributed by atoms with van der Waals surface area (Å²) < 4.78 is 5.27. The summed E-state index contributed by atoms with van der Waals surface area (Å²) in [6.07, 6.45) is 1.43. The molecule has 19 heavy (non-hydrogen) atoms. The third kappa shape index (κ3) is 2.80. The van der Waals surface area contributed by atoms with Crippen LogP contribution < -0.4 is 0 Å². The summed E-state index contributed by atoms with van der Waals surface area (Å²) in [4.78, 5) is 11.6.